The van der Waals surface area contributed by atoms with Crippen molar-refractivity contribution in [1.29, 1.82) is 0 Å². The first-order valence-corrected chi connectivity index (χ1v) is 10.4. The molecule has 2 heterocycles. The summed E-state index contributed by atoms with van der Waals surface area (Å²) >= 11 is 11.8. The minimum Gasteiger partial charge on any atom is -0.456 e. The quantitative estimate of drug-likeness (QED) is 0.649. The number of amides is 3. The number of ether oxygens (including phenoxy) is 1. The van der Waals surface area contributed by atoms with Crippen LogP contribution in [0.2, 0.25) is 10.0 Å². The van der Waals surface area contributed by atoms with Gasteiger partial charge in [0.2, 0.25) is 5.91 Å². The number of urea groups is 1. The van der Waals surface area contributed by atoms with Gasteiger partial charge in [-0.25, -0.2) is 9.59 Å². The lowest BCUT2D eigenvalue weighted by Gasteiger charge is -2.32. The number of nitrogens with one attached hydrogen (secondary N) is 2. The molecule has 1 atom stereocenters. The number of carbonyl (C=O) groups is 3. The van der Waals surface area contributed by atoms with Gasteiger partial charge in [0.05, 0.1) is 17.3 Å². The molecule has 31 heavy (non-hydrogen) atoms. The number of cyclic esters (lactones) is 1. The molecule has 2 aliphatic heterocycles. The van der Waals surface area contributed by atoms with E-state index < -0.39 is 18.0 Å². The van der Waals surface area contributed by atoms with Gasteiger partial charge >= 0.3 is 12.0 Å². The van der Waals surface area contributed by atoms with Crippen molar-refractivity contribution in [3.63, 3.8) is 0 Å². The van der Waals surface area contributed by atoms with Crippen molar-refractivity contribution < 1.29 is 19.1 Å². The minimum atomic E-state index is -0.654. The van der Waals surface area contributed by atoms with Crippen LogP contribution >= 0.6 is 23.2 Å². The molecular formula is C22H19Cl2N3O4. The number of hydrogen-bond acceptors (Lipinski definition) is 4. The van der Waals surface area contributed by atoms with E-state index in [9.17, 15) is 14.4 Å². The first-order chi connectivity index (χ1) is 14.9. The van der Waals surface area contributed by atoms with Crippen LogP contribution in [0.4, 0.5) is 4.79 Å². The molecule has 2 aromatic rings. The smallest absolute Gasteiger partial charge is 0.338 e. The van der Waals surface area contributed by atoms with E-state index in [0.29, 0.717) is 39.8 Å². The summed E-state index contributed by atoms with van der Waals surface area (Å²) in [4.78, 5) is 38.8. The van der Waals surface area contributed by atoms with Crippen molar-refractivity contribution in [1.82, 2.24) is 15.5 Å². The highest BCUT2D eigenvalue weighted by Crippen LogP contribution is 2.35. The molecule has 0 radical (unpaired) electrons. The summed E-state index contributed by atoms with van der Waals surface area (Å²) in [5.74, 6) is -0.844. The van der Waals surface area contributed by atoms with E-state index in [-0.39, 0.29) is 19.1 Å². The van der Waals surface area contributed by atoms with Gasteiger partial charge in [-0.15, -0.1) is 0 Å². The van der Waals surface area contributed by atoms with Crippen LogP contribution < -0.4 is 10.6 Å². The van der Waals surface area contributed by atoms with Crippen LogP contribution in [0, 0.1) is 0 Å². The van der Waals surface area contributed by atoms with Gasteiger partial charge in [0, 0.05) is 16.6 Å². The summed E-state index contributed by atoms with van der Waals surface area (Å²) in [6.45, 7) is 0.143. The number of hydrogen-bond donors (Lipinski definition) is 2. The molecule has 1 unspecified atom stereocenters. The maximum Gasteiger partial charge on any atom is 0.338 e. The van der Waals surface area contributed by atoms with Crippen molar-refractivity contribution in [2.75, 3.05) is 19.7 Å². The van der Waals surface area contributed by atoms with Gasteiger partial charge in [-0.3, -0.25) is 9.69 Å². The van der Waals surface area contributed by atoms with Crippen LogP contribution in [0.5, 0.6) is 0 Å². The topological polar surface area (TPSA) is 87.7 Å². The standard InChI is InChI=1S/C22H19Cl2N3O4/c23-15-5-1-13(2-6-15)9-10-25-18(28)11-27-17-12-31-21(29)19(17)20(26-22(27)30)14-3-7-16(24)8-4-14/h1-8,20H,9-12H2,(H,25,28)(H,26,30). The molecule has 0 saturated heterocycles. The summed E-state index contributed by atoms with van der Waals surface area (Å²) < 4.78 is 5.17. The van der Waals surface area contributed by atoms with E-state index in [1.54, 1.807) is 36.4 Å². The number of rotatable bonds is 6. The van der Waals surface area contributed by atoms with Gasteiger partial charge in [0.15, 0.2) is 0 Å². The fraction of sp³-hybridized carbons (Fsp3) is 0.227. The average Bonchev–Trinajstić information content (AvgIpc) is 3.13. The number of esters is 1. The van der Waals surface area contributed by atoms with Crippen LogP contribution in [0.1, 0.15) is 17.2 Å². The third kappa shape index (κ3) is 4.68. The summed E-state index contributed by atoms with van der Waals surface area (Å²) in [7, 11) is 0. The van der Waals surface area contributed by atoms with Crippen LogP contribution in [0.3, 0.4) is 0 Å². The van der Waals surface area contributed by atoms with Crippen LogP contribution in [0.25, 0.3) is 0 Å². The molecule has 2 aromatic carbocycles. The second-order valence-electron chi connectivity index (χ2n) is 7.18. The third-order valence-corrected chi connectivity index (χ3v) is 5.66. The highest BCUT2D eigenvalue weighted by atomic mass is 35.5. The highest BCUT2D eigenvalue weighted by molar-refractivity contribution is 6.30. The minimum absolute atomic E-state index is 0.0519. The van der Waals surface area contributed by atoms with Crippen LogP contribution in [-0.2, 0) is 20.7 Å². The molecule has 0 aliphatic carbocycles. The predicted octanol–water partition coefficient (Wildman–Crippen LogP) is 3.23. The van der Waals surface area contributed by atoms with Gasteiger partial charge in [-0.1, -0.05) is 47.5 Å². The molecule has 4 rings (SSSR count). The molecule has 0 aromatic heterocycles. The Morgan fingerprint density at radius 2 is 1.71 bits per heavy atom. The van der Waals surface area contributed by atoms with Crippen LogP contribution in [0.15, 0.2) is 59.8 Å². The molecule has 0 fully saturated rings. The molecule has 0 saturated carbocycles. The van der Waals surface area contributed by atoms with Gasteiger partial charge in [-0.2, -0.15) is 0 Å². The zero-order valence-electron chi connectivity index (χ0n) is 16.4. The van der Waals surface area contributed by atoms with E-state index in [0.717, 1.165) is 5.56 Å². The Labute approximate surface area is 189 Å². The Morgan fingerprint density at radius 1 is 1.06 bits per heavy atom. The summed E-state index contributed by atoms with van der Waals surface area (Å²) in [6.07, 6.45) is 0.628. The van der Waals surface area contributed by atoms with Crippen LogP contribution in [-0.4, -0.2) is 42.5 Å². The Kier molecular flexibility index (Phi) is 6.15. The van der Waals surface area contributed by atoms with Crippen molar-refractivity contribution in [3.8, 4) is 0 Å². The maximum atomic E-state index is 12.8. The summed E-state index contributed by atoms with van der Waals surface area (Å²) in [5.41, 5.74) is 2.47. The van der Waals surface area contributed by atoms with Gasteiger partial charge in [0.1, 0.15) is 13.2 Å². The molecule has 0 spiro atoms. The molecule has 2 N–H and O–H groups in total. The van der Waals surface area contributed by atoms with Crippen molar-refractivity contribution in [3.05, 3.63) is 81.0 Å². The Morgan fingerprint density at radius 3 is 2.39 bits per heavy atom. The van der Waals surface area contributed by atoms with E-state index in [1.807, 2.05) is 12.1 Å². The fourth-order valence-electron chi connectivity index (χ4n) is 3.58. The second kappa shape index (κ2) is 8.99. The lowest BCUT2D eigenvalue weighted by molar-refractivity contribution is -0.136. The number of halogens is 2. The van der Waals surface area contributed by atoms with Crippen molar-refractivity contribution >= 4 is 41.1 Å². The van der Waals surface area contributed by atoms with Crippen molar-refractivity contribution in [2.24, 2.45) is 0 Å². The molecule has 7 nitrogen and oxygen atoms in total. The lowest BCUT2D eigenvalue weighted by Crippen LogP contribution is -2.50. The summed E-state index contributed by atoms with van der Waals surface area (Å²) in [5, 5.41) is 6.78. The zero-order chi connectivity index (χ0) is 22.0. The van der Waals surface area contributed by atoms with Gasteiger partial charge in [-0.05, 0) is 41.8 Å². The van der Waals surface area contributed by atoms with E-state index in [2.05, 4.69) is 10.6 Å². The normalized spacial score (nSPS) is 17.9. The molecular weight excluding hydrogens is 441 g/mol. The van der Waals surface area contributed by atoms with Gasteiger partial charge < -0.3 is 15.4 Å². The molecule has 3 amide bonds. The first kappa shape index (κ1) is 21.2. The van der Waals surface area contributed by atoms with E-state index in [1.165, 1.54) is 4.90 Å². The molecule has 2 aliphatic rings. The second-order valence-corrected chi connectivity index (χ2v) is 8.06. The highest BCUT2D eigenvalue weighted by Gasteiger charge is 2.42. The number of carbonyl (C=O) groups excluding carboxylic acids is 3. The number of nitrogens with zero attached hydrogens (tertiary/aromatic N) is 1. The van der Waals surface area contributed by atoms with Crippen molar-refractivity contribution in [2.45, 2.75) is 12.5 Å². The molecule has 0 bridgehead atoms. The molecule has 9 heteroatoms. The van der Waals surface area contributed by atoms with E-state index in [4.69, 9.17) is 27.9 Å². The third-order valence-electron chi connectivity index (χ3n) is 5.15. The zero-order valence-corrected chi connectivity index (χ0v) is 17.9. The lowest BCUT2D eigenvalue weighted by atomic mass is 9.96. The monoisotopic (exact) mass is 459 g/mol. The van der Waals surface area contributed by atoms with Gasteiger partial charge in [0.25, 0.3) is 0 Å². The largest absolute Gasteiger partial charge is 0.456 e. The maximum absolute atomic E-state index is 12.8. The summed E-state index contributed by atoms with van der Waals surface area (Å²) in [6, 6.07) is 13.1. The predicted molar refractivity (Wildman–Crippen MR) is 116 cm³/mol. The SMILES string of the molecule is O=C(CN1C(=O)NC(c2ccc(Cl)cc2)C2=C1COC2=O)NCCc1ccc(Cl)cc1. The Hall–Kier alpha value is -3.03. The first-order valence-electron chi connectivity index (χ1n) is 9.67. The Bertz CT molecular complexity index is 1050. The van der Waals surface area contributed by atoms with E-state index >= 15 is 0 Å². The Balaban J connectivity index is 1.44. The number of benzene rings is 2. The molecule has 160 valence electrons. The average molecular weight is 460 g/mol. The fourth-order valence-corrected chi connectivity index (χ4v) is 3.83.